The van der Waals surface area contributed by atoms with Crippen LogP contribution in [0.25, 0.3) is 83.3 Å². The van der Waals surface area contributed by atoms with Crippen LogP contribution in [0.15, 0.2) is 144 Å². The Hall–Kier alpha value is -7.02. The summed E-state index contributed by atoms with van der Waals surface area (Å²) in [6.45, 7) is 0. The van der Waals surface area contributed by atoms with Crippen molar-refractivity contribution in [2.24, 2.45) is 0 Å². The highest BCUT2D eigenvalue weighted by Crippen LogP contribution is 2.42. The number of rotatable bonds is 4. The van der Waals surface area contributed by atoms with E-state index in [1.165, 1.54) is 0 Å². The van der Waals surface area contributed by atoms with Crippen LogP contribution in [0.3, 0.4) is 0 Å². The molecular weight excluding hydrogens is 590 g/mol. The van der Waals surface area contributed by atoms with Crippen molar-refractivity contribution in [3.8, 4) is 51.7 Å². The maximum absolute atomic E-state index is 10.6. The number of aromatic nitrogens is 3. The number of benzene rings is 6. The van der Waals surface area contributed by atoms with Crippen molar-refractivity contribution < 1.29 is 4.42 Å². The first-order valence-electron chi connectivity index (χ1n) is 15.5. The molecule has 0 saturated heterocycles. The molecule has 48 heavy (non-hydrogen) atoms. The zero-order chi connectivity index (χ0) is 32.2. The van der Waals surface area contributed by atoms with Gasteiger partial charge in [-0.1, -0.05) is 103 Å². The molecule has 0 unspecified atom stereocenters. The summed E-state index contributed by atoms with van der Waals surface area (Å²) in [5, 5.41) is 25.4. The van der Waals surface area contributed by atoms with Gasteiger partial charge < -0.3 is 8.98 Å². The summed E-state index contributed by atoms with van der Waals surface area (Å²) < 4.78 is 8.38. The van der Waals surface area contributed by atoms with Gasteiger partial charge in [0, 0.05) is 38.2 Å². The topological polar surface area (TPSA) is 91.4 Å². The molecule has 0 fully saturated rings. The lowest BCUT2D eigenvalue weighted by Crippen LogP contribution is -2.02. The second kappa shape index (κ2) is 10.8. The first-order valence-corrected chi connectivity index (χ1v) is 15.5. The van der Waals surface area contributed by atoms with E-state index in [2.05, 4.69) is 41.0 Å². The SMILES string of the molecule is N#Cc1cc(-c2nc(-c3ccccc3)nc(-c3ccccc3)c2C#N)ccc1-n1c2ccccc2c2c3c(ccc21)oc1ccccc13. The van der Waals surface area contributed by atoms with Gasteiger partial charge in [-0.15, -0.1) is 0 Å². The largest absolute Gasteiger partial charge is 0.456 e. The number of nitriles is 2. The Morgan fingerprint density at radius 1 is 0.521 bits per heavy atom. The normalized spacial score (nSPS) is 11.3. The Morgan fingerprint density at radius 3 is 1.94 bits per heavy atom. The number of hydrogen-bond donors (Lipinski definition) is 0. The van der Waals surface area contributed by atoms with Crippen molar-refractivity contribution in [2.75, 3.05) is 0 Å². The highest BCUT2D eigenvalue weighted by atomic mass is 16.3. The highest BCUT2D eigenvalue weighted by molar-refractivity contribution is 6.27. The summed E-state index contributed by atoms with van der Waals surface area (Å²) in [5.41, 5.74) is 8.47. The number of fused-ring (bicyclic) bond motifs is 7. The molecule has 0 N–H and O–H groups in total. The molecule has 0 aliphatic carbocycles. The molecule has 0 saturated carbocycles. The Labute approximate surface area is 275 Å². The first kappa shape index (κ1) is 27.3. The minimum Gasteiger partial charge on any atom is -0.456 e. The molecule has 9 aromatic rings. The summed E-state index contributed by atoms with van der Waals surface area (Å²) in [4.78, 5) is 9.81. The fraction of sp³-hybridized carbons (Fsp3) is 0. The van der Waals surface area contributed by atoms with E-state index < -0.39 is 0 Å². The van der Waals surface area contributed by atoms with Crippen molar-refractivity contribution in [1.29, 1.82) is 10.5 Å². The predicted molar refractivity (Wildman–Crippen MR) is 189 cm³/mol. The summed E-state index contributed by atoms with van der Waals surface area (Å²) >= 11 is 0. The lowest BCUT2D eigenvalue weighted by Gasteiger charge is -2.14. The molecule has 6 nitrogen and oxygen atoms in total. The molecule has 222 valence electrons. The van der Waals surface area contributed by atoms with Gasteiger partial charge in [0.2, 0.25) is 0 Å². The van der Waals surface area contributed by atoms with Gasteiger partial charge in [0.25, 0.3) is 0 Å². The molecule has 0 radical (unpaired) electrons. The number of nitrogens with zero attached hydrogens (tertiary/aromatic N) is 5. The Kier molecular flexibility index (Phi) is 6.15. The smallest absolute Gasteiger partial charge is 0.160 e. The minimum absolute atomic E-state index is 0.351. The molecule has 9 rings (SSSR count). The first-order chi connectivity index (χ1) is 23.7. The summed E-state index contributed by atoms with van der Waals surface area (Å²) in [6.07, 6.45) is 0. The molecule has 6 aromatic carbocycles. The molecule has 0 amide bonds. The van der Waals surface area contributed by atoms with E-state index in [0.717, 1.165) is 60.6 Å². The van der Waals surface area contributed by atoms with Crippen LogP contribution in [0.1, 0.15) is 11.1 Å². The van der Waals surface area contributed by atoms with Crippen molar-refractivity contribution in [3.05, 3.63) is 151 Å². The molecule has 6 heteroatoms. The molecule has 0 bridgehead atoms. The van der Waals surface area contributed by atoms with Crippen LogP contribution >= 0.6 is 0 Å². The average molecular weight is 614 g/mol. The summed E-state index contributed by atoms with van der Waals surface area (Å²) in [5.74, 6) is 0.504. The van der Waals surface area contributed by atoms with Crippen LogP contribution in [-0.2, 0) is 0 Å². The Morgan fingerprint density at radius 2 is 1.19 bits per heavy atom. The quantitative estimate of drug-likeness (QED) is 0.197. The fourth-order valence-electron chi connectivity index (χ4n) is 6.80. The van der Waals surface area contributed by atoms with Gasteiger partial charge in [-0.3, -0.25) is 0 Å². The van der Waals surface area contributed by atoms with Crippen LogP contribution < -0.4 is 0 Å². The zero-order valence-electron chi connectivity index (χ0n) is 25.4. The van der Waals surface area contributed by atoms with Crippen LogP contribution in [0.4, 0.5) is 0 Å². The van der Waals surface area contributed by atoms with Gasteiger partial charge in [-0.25, -0.2) is 9.97 Å². The summed E-state index contributed by atoms with van der Waals surface area (Å²) in [6, 6.07) is 50.3. The van der Waals surface area contributed by atoms with E-state index in [1.54, 1.807) is 0 Å². The van der Waals surface area contributed by atoms with E-state index in [1.807, 2.05) is 115 Å². The van der Waals surface area contributed by atoms with E-state index in [-0.39, 0.29) is 0 Å². The molecule has 0 spiro atoms. The van der Waals surface area contributed by atoms with Crippen LogP contribution in [0, 0.1) is 22.7 Å². The molecule has 0 aliphatic heterocycles. The molecule has 3 aromatic heterocycles. The number of furan rings is 1. The monoisotopic (exact) mass is 613 g/mol. The third-order valence-electron chi connectivity index (χ3n) is 8.91. The third kappa shape index (κ3) is 4.11. The summed E-state index contributed by atoms with van der Waals surface area (Å²) in [7, 11) is 0. The van der Waals surface area contributed by atoms with E-state index in [0.29, 0.717) is 33.9 Å². The Bertz CT molecular complexity index is 2800. The molecule has 3 heterocycles. The van der Waals surface area contributed by atoms with Gasteiger partial charge >= 0.3 is 0 Å². The van der Waals surface area contributed by atoms with E-state index >= 15 is 0 Å². The number of hydrogen-bond acceptors (Lipinski definition) is 5. The number of para-hydroxylation sites is 2. The van der Waals surface area contributed by atoms with E-state index in [4.69, 9.17) is 14.4 Å². The van der Waals surface area contributed by atoms with Crippen molar-refractivity contribution in [3.63, 3.8) is 0 Å². The average Bonchev–Trinajstić information content (AvgIpc) is 3.70. The molecular formula is C42H23N5O. The van der Waals surface area contributed by atoms with Gasteiger partial charge in [0.05, 0.1) is 33.7 Å². The van der Waals surface area contributed by atoms with Crippen LogP contribution in [0.2, 0.25) is 0 Å². The maximum atomic E-state index is 10.6. The van der Waals surface area contributed by atoms with Crippen LogP contribution in [-0.4, -0.2) is 14.5 Å². The van der Waals surface area contributed by atoms with Crippen LogP contribution in [0.5, 0.6) is 0 Å². The minimum atomic E-state index is 0.351. The second-order valence-corrected chi connectivity index (χ2v) is 11.6. The van der Waals surface area contributed by atoms with Crippen molar-refractivity contribution in [1.82, 2.24) is 14.5 Å². The molecule has 0 aliphatic rings. The van der Waals surface area contributed by atoms with Gasteiger partial charge in [-0.05, 0) is 36.4 Å². The van der Waals surface area contributed by atoms with Gasteiger partial charge in [0.15, 0.2) is 5.82 Å². The fourth-order valence-corrected chi connectivity index (χ4v) is 6.80. The lowest BCUT2D eigenvalue weighted by atomic mass is 9.98. The predicted octanol–water partition coefficient (Wildman–Crippen LogP) is 10.2. The zero-order valence-corrected chi connectivity index (χ0v) is 25.4. The Balaban J connectivity index is 1.30. The van der Waals surface area contributed by atoms with Crippen molar-refractivity contribution in [2.45, 2.75) is 0 Å². The van der Waals surface area contributed by atoms with E-state index in [9.17, 15) is 10.5 Å². The second-order valence-electron chi connectivity index (χ2n) is 11.6. The highest BCUT2D eigenvalue weighted by Gasteiger charge is 2.22. The maximum Gasteiger partial charge on any atom is 0.160 e. The lowest BCUT2D eigenvalue weighted by molar-refractivity contribution is 0.669. The van der Waals surface area contributed by atoms with Gasteiger partial charge in [-0.2, -0.15) is 10.5 Å². The van der Waals surface area contributed by atoms with Crippen molar-refractivity contribution >= 4 is 43.7 Å². The van der Waals surface area contributed by atoms with Gasteiger partial charge in [0.1, 0.15) is 28.9 Å². The third-order valence-corrected chi connectivity index (χ3v) is 8.91. The standard InChI is InChI=1S/C42H23N5O/c43-24-29-23-28(41-32(25-44)40(26-11-3-1-4-12-26)45-42(46-41)27-13-5-2-6-14-27)19-20-33(29)47-34-17-9-7-15-30(34)38-35(47)21-22-37-39(38)31-16-8-10-18-36(31)48-37/h1-23H. The molecule has 0 atom stereocenters.